The largest absolute Gasteiger partial charge is 0.480 e. The number of amides is 1. The Labute approximate surface area is 161 Å². The molecule has 4 rings (SSSR count). The Morgan fingerprint density at radius 2 is 1.68 bits per heavy atom. The van der Waals surface area contributed by atoms with Crippen LogP contribution in [0.3, 0.4) is 0 Å². The van der Waals surface area contributed by atoms with Gasteiger partial charge in [0.15, 0.2) is 0 Å². The Hall–Kier alpha value is -2.90. The summed E-state index contributed by atoms with van der Waals surface area (Å²) in [4.78, 5) is 23.6. The average Bonchev–Trinajstić information content (AvgIpc) is 2.98. The van der Waals surface area contributed by atoms with Crippen molar-refractivity contribution >= 4 is 12.1 Å². The number of hydrogen-bond donors (Lipinski definition) is 3. The topological polar surface area (TPSA) is 105 Å². The second-order valence-corrected chi connectivity index (χ2v) is 7.28. The molecule has 0 spiro atoms. The minimum Gasteiger partial charge on any atom is -0.480 e. The average molecular weight is 383 g/mol. The Kier molecular flexibility index (Phi) is 4.78. The zero-order valence-electron chi connectivity index (χ0n) is 15.1. The van der Waals surface area contributed by atoms with E-state index >= 15 is 0 Å². The number of aliphatic hydroxyl groups is 1. The number of rotatable bonds is 6. The van der Waals surface area contributed by atoms with Crippen molar-refractivity contribution in [2.75, 3.05) is 19.8 Å². The first-order valence-electron chi connectivity index (χ1n) is 9.11. The van der Waals surface area contributed by atoms with Crippen LogP contribution in [0, 0.1) is 0 Å². The smallest absolute Gasteiger partial charge is 0.407 e. The summed E-state index contributed by atoms with van der Waals surface area (Å²) in [6, 6.07) is 14.7. The van der Waals surface area contributed by atoms with Crippen molar-refractivity contribution in [3.63, 3.8) is 0 Å². The fourth-order valence-corrected chi connectivity index (χ4v) is 3.82. The highest BCUT2D eigenvalue weighted by Crippen LogP contribution is 2.44. The fourth-order valence-electron chi connectivity index (χ4n) is 3.82. The summed E-state index contributed by atoms with van der Waals surface area (Å²) >= 11 is 0. The first-order valence-corrected chi connectivity index (χ1v) is 9.11. The van der Waals surface area contributed by atoms with Crippen LogP contribution in [0.25, 0.3) is 11.1 Å². The van der Waals surface area contributed by atoms with Crippen LogP contribution in [0.15, 0.2) is 48.5 Å². The second-order valence-electron chi connectivity index (χ2n) is 7.28. The molecule has 0 unspecified atom stereocenters. The minimum atomic E-state index is -1.25. The number of alkyl carbamates (subject to hydrolysis) is 1. The normalized spacial score (nSPS) is 17.8. The van der Waals surface area contributed by atoms with Crippen LogP contribution >= 0.6 is 0 Å². The van der Waals surface area contributed by atoms with Gasteiger partial charge < -0.3 is 25.0 Å². The second kappa shape index (κ2) is 7.26. The first kappa shape index (κ1) is 18.5. The van der Waals surface area contributed by atoms with Crippen LogP contribution in [-0.2, 0) is 14.3 Å². The Morgan fingerprint density at radius 3 is 2.18 bits per heavy atom. The third-order valence-electron chi connectivity index (χ3n) is 5.26. The molecule has 7 heteroatoms. The number of carboxylic acid groups (broad SMARTS) is 1. The maximum Gasteiger partial charge on any atom is 0.407 e. The van der Waals surface area contributed by atoms with Gasteiger partial charge in [-0.15, -0.1) is 0 Å². The lowest BCUT2D eigenvalue weighted by Gasteiger charge is -2.37. The first-order chi connectivity index (χ1) is 13.5. The van der Waals surface area contributed by atoms with Gasteiger partial charge in [0.25, 0.3) is 0 Å². The molecule has 1 heterocycles. The van der Waals surface area contributed by atoms with Crippen LogP contribution in [-0.4, -0.2) is 53.7 Å². The number of fused-ring (bicyclic) bond motifs is 3. The molecule has 0 saturated carbocycles. The molecule has 7 nitrogen and oxygen atoms in total. The number of carboxylic acids is 1. The molecule has 2 aromatic carbocycles. The maximum atomic E-state index is 12.2. The molecule has 1 aliphatic carbocycles. The van der Waals surface area contributed by atoms with E-state index < -0.39 is 23.7 Å². The molecule has 146 valence electrons. The quantitative estimate of drug-likeness (QED) is 0.706. The molecule has 28 heavy (non-hydrogen) atoms. The highest BCUT2D eigenvalue weighted by Gasteiger charge is 2.41. The molecule has 1 atom stereocenters. The summed E-state index contributed by atoms with van der Waals surface area (Å²) in [7, 11) is 0. The zero-order valence-corrected chi connectivity index (χ0v) is 15.1. The van der Waals surface area contributed by atoms with Crippen LogP contribution in [0.1, 0.15) is 23.5 Å². The summed E-state index contributed by atoms with van der Waals surface area (Å²) in [6.45, 7) is 0.214. The van der Waals surface area contributed by atoms with Crippen molar-refractivity contribution < 1.29 is 29.3 Å². The van der Waals surface area contributed by atoms with Gasteiger partial charge in [-0.25, -0.2) is 9.59 Å². The van der Waals surface area contributed by atoms with Gasteiger partial charge in [-0.05, 0) is 22.3 Å². The van der Waals surface area contributed by atoms with E-state index in [0.29, 0.717) is 0 Å². The number of nitrogens with one attached hydrogen (secondary N) is 1. The Bertz CT molecular complexity index is 862. The molecular weight excluding hydrogens is 362 g/mol. The van der Waals surface area contributed by atoms with Crippen LogP contribution < -0.4 is 5.32 Å². The van der Waals surface area contributed by atoms with Crippen molar-refractivity contribution in [2.45, 2.75) is 24.0 Å². The summed E-state index contributed by atoms with van der Waals surface area (Å²) in [5, 5.41) is 21.7. The van der Waals surface area contributed by atoms with Gasteiger partial charge in [0.05, 0.1) is 13.2 Å². The number of benzene rings is 2. The van der Waals surface area contributed by atoms with Crippen molar-refractivity contribution in [1.29, 1.82) is 0 Å². The number of hydrogen-bond acceptors (Lipinski definition) is 5. The fraction of sp³-hybridized carbons (Fsp3) is 0.333. The third kappa shape index (κ3) is 3.46. The zero-order chi connectivity index (χ0) is 19.7. The summed E-state index contributed by atoms with van der Waals surface area (Å²) in [6.07, 6.45) is -0.954. The van der Waals surface area contributed by atoms with Crippen molar-refractivity contribution in [3.8, 4) is 11.1 Å². The van der Waals surface area contributed by atoms with Gasteiger partial charge in [0.1, 0.15) is 18.2 Å². The highest BCUT2D eigenvalue weighted by molar-refractivity contribution is 5.81. The van der Waals surface area contributed by atoms with E-state index in [4.69, 9.17) is 9.47 Å². The summed E-state index contributed by atoms with van der Waals surface area (Å²) in [5.41, 5.74) is 3.16. The molecule has 0 bridgehead atoms. The number of aliphatic carboxylic acids is 1. The molecule has 0 radical (unpaired) electrons. The van der Waals surface area contributed by atoms with Crippen LogP contribution in [0.5, 0.6) is 0 Å². The van der Waals surface area contributed by atoms with Gasteiger partial charge in [-0.2, -0.15) is 0 Å². The molecule has 1 amide bonds. The van der Waals surface area contributed by atoms with E-state index in [1.54, 1.807) is 0 Å². The predicted octanol–water partition coefficient (Wildman–Crippen LogP) is 2.13. The van der Waals surface area contributed by atoms with E-state index in [1.807, 2.05) is 48.5 Å². The van der Waals surface area contributed by atoms with Gasteiger partial charge in [-0.3, -0.25) is 0 Å². The lowest BCUT2D eigenvalue weighted by molar-refractivity contribution is -0.187. The lowest BCUT2D eigenvalue weighted by Crippen LogP contribution is -2.56. The van der Waals surface area contributed by atoms with Gasteiger partial charge in [0, 0.05) is 12.3 Å². The molecule has 1 aliphatic heterocycles. The van der Waals surface area contributed by atoms with E-state index in [1.165, 1.54) is 0 Å². The lowest BCUT2D eigenvalue weighted by atomic mass is 9.93. The third-order valence-corrected chi connectivity index (χ3v) is 5.26. The summed E-state index contributed by atoms with van der Waals surface area (Å²) < 4.78 is 10.3. The van der Waals surface area contributed by atoms with Gasteiger partial charge >= 0.3 is 12.1 Å². The van der Waals surface area contributed by atoms with Crippen molar-refractivity contribution in [2.24, 2.45) is 0 Å². The van der Waals surface area contributed by atoms with Gasteiger partial charge in [0.2, 0.25) is 0 Å². The molecule has 2 aliphatic rings. The molecule has 2 aromatic rings. The van der Waals surface area contributed by atoms with Crippen molar-refractivity contribution in [1.82, 2.24) is 5.32 Å². The van der Waals surface area contributed by atoms with E-state index in [9.17, 15) is 19.8 Å². The molecular formula is C21H21NO6. The van der Waals surface area contributed by atoms with Crippen LogP contribution in [0.4, 0.5) is 4.79 Å². The molecule has 3 N–H and O–H groups in total. The predicted molar refractivity (Wildman–Crippen MR) is 100 cm³/mol. The standard InChI is InChI=1S/C21H21NO6/c23-19(24)18(9-21(26)11-27-12-21)22-20(25)28-10-17-15-7-3-1-5-13(15)14-6-2-4-8-16(14)17/h1-8,17-18,26H,9-12H2,(H,22,25)(H,23,24)/t18-/m0/s1. The number of carbonyl (C=O) groups is 2. The highest BCUT2D eigenvalue weighted by atomic mass is 16.6. The van der Waals surface area contributed by atoms with E-state index in [-0.39, 0.29) is 32.2 Å². The summed E-state index contributed by atoms with van der Waals surface area (Å²) in [5.74, 6) is -1.33. The molecule has 1 saturated heterocycles. The molecule has 1 fully saturated rings. The van der Waals surface area contributed by atoms with Gasteiger partial charge in [-0.1, -0.05) is 48.5 Å². The number of ether oxygens (including phenoxy) is 2. The minimum absolute atomic E-state index is 0.0587. The SMILES string of the molecule is O=C(N[C@@H](CC1(O)COC1)C(=O)O)OCC1c2ccccc2-c2ccccc21. The maximum absolute atomic E-state index is 12.2. The monoisotopic (exact) mass is 383 g/mol. The Morgan fingerprint density at radius 1 is 1.11 bits per heavy atom. The van der Waals surface area contributed by atoms with Crippen molar-refractivity contribution in [3.05, 3.63) is 59.7 Å². The van der Waals surface area contributed by atoms with E-state index in [0.717, 1.165) is 22.3 Å². The molecule has 0 aromatic heterocycles. The number of carbonyl (C=O) groups excluding carboxylic acids is 1. The Balaban J connectivity index is 1.42. The van der Waals surface area contributed by atoms with Crippen LogP contribution in [0.2, 0.25) is 0 Å². The van der Waals surface area contributed by atoms with E-state index in [2.05, 4.69) is 5.32 Å².